The van der Waals surface area contributed by atoms with E-state index in [0.717, 1.165) is 4.88 Å². The van der Waals surface area contributed by atoms with Gasteiger partial charge in [0.05, 0.1) is 0 Å². The summed E-state index contributed by atoms with van der Waals surface area (Å²) in [7, 11) is 0. The van der Waals surface area contributed by atoms with Crippen LogP contribution in [0.5, 0.6) is 0 Å². The van der Waals surface area contributed by atoms with Crippen LogP contribution in [-0.4, -0.2) is 12.3 Å². The Morgan fingerprint density at radius 3 is 2.60 bits per heavy atom. The molecule has 1 aromatic heterocycles. The van der Waals surface area contributed by atoms with E-state index in [4.69, 9.17) is 9.47 Å². The number of esters is 1. The van der Waals surface area contributed by atoms with Crippen molar-refractivity contribution in [3.8, 4) is 0 Å². The molecule has 1 aliphatic rings. The summed E-state index contributed by atoms with van der Waals surface area (Å²) in [5.41, 5.74) is -0.179. The number of hydrogen-bond acceptors (Lipinski definition) is 4. The van der Waals surface area contributed by atoms with E-state index in [2.05, 4.69) is 0 Å². The van der Waals surface area contributed by atoms with Crippen LogP contribution in [0.4, 0.5) is 0 Å². The summed E-state index contributed by atoms with van der Waals surface area (Å²) in [5, 5.41) is 1.93. The van der Waals surface area contributed by atoms with Crippen LogP contribution in [0.1, 0.15) is 31.8 Å². The van der Waals surface area contributed by atoms with E-state index < -0.39 is 12.4 Å². The standard InChI is InChI=1S/C11H14O3S/c1-11(2,3)10-13-8(9(12)14-10)7-5-4-6-15-7/h4-6,8,10H,1-3H3. The molecule has 0 radical (unpaired) electrons. The second kappa shape index (κ2) is 3.61. The molecule has 1 saturated heterocycles. The van der Waals surface area contributed by atoms with E-state index in [1.807, 2.05) is 38.3 Å². The molecule has 3 nitrogen and oxygen atoms in total. The maximum atomic E-state index is 11.6. The van der Waals surface area contributed by atoms with E-state index >= 15 is 0 Å². The number of carbonyl (C=O) groups excluding carboxylic acids is 1. The van der Waals surface area contributed by atoms with Crippen LogP contribution in [0.3, 0.4) is 0 Å². The van der Waals surface area contributed by atoms with Crippen molar-refractivity contribution in [2.24, 2.45) is 5.41 Å². The minimum absolute atomic E-state index is 0.179. The third-order valence-electron chi connectivity index (χ3n) is 2.21. The number of ether oxygens (including phenoxy) is 2. The van der Waals surface area contributed by atoms with Crippen molar-refractivity contribution in [3.05, 3.63) is 22.4 Å². The molecule has 2 rings (SSSR count). The summed E-state index contributed by atoms with van der Waals surface area (Å²) in [6.45, 7) is 5.96. The molecule has 0 bridgehead atoms. The van der Waals surface area contributed by atoms with Crippen molar-refractivity contribution in [1.82, 2.24) is 0 Å². The largest absolute Gasteiger partial charge is 0.433 e. The third kappa shape index (κ3) is 2.06. The fourth-order valence-corrected chi connectivity index (χ4v) is 2.13. The number of thiophene rings is 1. The first-order chi connectivity index (χ1) is 6.98. The first kappa shape index (κ1) is 10.6. The van der Waals surface area contributed by atoms with Crippen molar-refractivity contribution >= 4 is 17.3 Å². The average molecular weight is 226 g/mol. The van der Waals surface area contributed by atoms with E-state index in [9.17, 15) is 4.79 Å². The molecule has 0 amide bonds. The molecular weight excluding hydrogens is 212 g/mol. The summed E-state index contributed by atoms with van der Waals surface area (Å²) in [4.78, 5) is 12.5. The number of cyclic esters (lactones) is 1. The highest BCUT2D eigenvalue weighted by atomic mass is 32.1. The van der Waals surface area contributed by atoms with Gasteiger partial charge < -0.3 is 9.47 Å². The lowest BCUT2D eigenvalue weighted by Crippen LogP contribution is -2.27. The van der Waals surface area contributed by atoms with Gasteiger partial charge in [0.25, 0.3) is 0 Å². The van der Waals surface area contributed by atoms with Crippen LogP contribution in [0.15, 0.2) is 17.5 Å². The molecule has 4 heteroatoms. The first-order valence-electron chi connectivity index (χ1n) is 4.88. The molecule has 0 aromatic carbocycles. The summed E-state index contributed by atoms with van der Waals surface area (Å²) >= 11 is 1.51. The van der Waals surface area contributed by atoms with Gasteiger partial charge in [-0.1, -0.05) is 26.8 Å². The highest BCUT2D eigenvalue weighted by molar-refractivity contribution is 7.10. The van der Waals surface area contributed by atoms with Gasteiger partial charge in [-0.15, -0.1) is 11.3 Å². The number of carbonyl (C=O) groups is 1. The Morgan fingerprint density at radius 2 is 2.13 bits per heavy atom. The first-order valence-corrected chi connectivity index (χ1v) is 5.76. The van der Waals surface area contributed by atoms with E-state index in [0.29, 0.717) is 0 Å². The molecule has 2 unspecified atom stereocenters. The zero-order chi connectivity index (χ0) is 11.1. The molecule has 0 saturated carbocycles. The lowest BCUT2D eigenvalue weighted by Gasteiger charge is -2.23. The summed E-state index contributed by atoms with van der Waals surface area (Å²) in [6.07, 6.45) is -0.980. The zero-order valence-electron chi connectivity index (χ0n) is 9.02. The fourth-order valence-electron chi connectivity index (χ4n) is 1.38. The van der Waals surface area contributed by atoms with Gasteiger partial charge in [-0.05, 0) is 11.4 Å². The van der Waals surface area contributed by atoms with Gasteiger partial charge >= 0.3 is 5.97 Å². The van der Waals surface area contributed by atoms with Crippen molar-refractivity contribution in [1.29, 1.82) is 0 Å². The summed E-state index contributed by atoms with van der Waals surface area (Å²) < 4.78 is 10.8. The normalized spacial score (nSPS) is 26.7. The van der Waals surface area contributed by atoms with Gasteiger partial charge in [0, 0.05) is 10.3 Å². The van der Waals surface area contributed by atoms with Gasteiger partial charge in [-0.2, -0.15) is 0 Å². The molecule has 2 atom stereocenters. The van der Waals surface area contributed by atoms with Crippen LogP contribution in [0.2, 0.25) is 0 Å². The molecule has 2 heterocycles. The second-order valence-corrected chi connectivity index (χ2v) is 5.65. The zero-order valence-corrected chi connectivity index (χ0v) is 9.84. The number of hydrogen-bond donors (Lipinski definition) is 0. The van der Waals surface area contributed by atoms with Crippen molar-refractivity contribution in [2.75, 3.05) is 0 Å². The van der Waals surface area contributed by atoms with Crippen molar-refractivity contribution in [3.63, 3.8) is 0 Å². The van der Waals surface area contributed by atoms with Crippen molar-refractivity contribution < 1.29 is 14.3 Å². The SMILES string of the molecule is CC(C)(C)C1OC(=O)C(c2cccs2)O1. The molecule has 0 spiro atoms. The molecule has 1 fully saturated rings. The average Bonchev–Trinajstić information content (AvgIpc) is 2.69. The maximum Gasteiger partial charge on any atom is 0.343 e. The Morgan fingerprint density at radius 1 is 1.40 bits per heavy atom. The lowest BCUT2D eigenvalue weighted by atomic mass is 9.96. The van der Waals surface area contributed by atoms with Gasteiger partial charge in [-0.25, -0.2) is 4.79 Å². The van der Waals surface area contributed by atoms with Crippen LogP contribution in [-0.2, 0) is 14.3 Å². The van der Waals surface area contributed by atoms with E-state index in [1.165, 1.54) is 11.3 Å². The third-order valence-corrected chi connectivity index (χ3v) is 3.12. The molecule has 1 aromatic rings. The van der Waals surface area contributed by atoms with Crippen LogP contribution in [0, 0.1) is 5.41 Å². The van der Waals surface area contributed by atoms with Crippen LogP contribution < -0.4 is 0 Å². The minimum Gasteiger partial charge on any atom is -0.433 e. The van der Waals surface area contributed by atoms with Gasteiger partial charge in [0.1, 0.15) is 0 Å². The quantitative estimate of drug-likeness (QED) is 0.691. The molecule has 0 aliphatic carbocycles. The highest BCUT2D eigenvalue weighted by Crippen LogP contribution is 2.37. The fraction of sp³-hybridized carbons (Fsp3) is 0.545. The van der Waals surface area contributed by atoms with Gasteiger partial charge in [-0.3, -0.25) is 0 Å². The monoisotopic (exact) mass is 226 g/mol. The molecule has 0 N–H and O–H groups in total. The van der Waals surface area contributed by atoms with Gasteiger partial charge in [0.2, 0.25) is 6.29 Å². The summed E-state index contributed by atoms with van der Waals surface area (Å²) in [5.74, 6) is -0.280. The minimum atomic E-state index is -0.533. The molecule has 82 valence electrons. The lowest BCUT2D eigenvalue weighted by molar-refractivity contribution is -0.154. The number of rotatable bonds is 1. The second-order valence-electron chi connectivity index (χ2n) is 4.67. The Hall–Kier alpha value is -0.870. The highest BCUT2D eigenvalue weighted by Gasteiger charge is 2.42. The predicted octanol–water partition coefficient (Wildman–Crippen LogP) is 2.73. The van der Waals surface area contributed by atoms with E-state index in [1.54, 1.807) is 0 Å². The van der Waals surface area contributed by atoms with Crippen molar-refractivity contribution in [2.45, 2.75) is 33.2 Å². The van der Waals surface area contributed by atoms with Gasteiger partial charge in [0.15, 0.2) is 6.10 Å². The topological polar surface area (TPSA) is 35.5 Å². The van der Waals surface area contributed by atoms with E-state index in [-0.39, 0.29) is 11.4 Å². The van der Waals surface area contributed by atoms with Crippen LogP contribution >= 0.6 is 11.3 Å². The van der Waals surface area contributed by atoms with Crippen LogP contribution in [0.25, 0.3) is 0 Å². The maximum absolute atomic E-state index is 11.6. The Kier molecular flexibility index (Phi) is 2.56. The Balaban J connectivity index is 2.15. The smallest absolute Gasteiger partial charge is 0.343 e. The molecule has 1 aliphatic heterocycles. The molecule has 15 heavy (non-hydrogen) atoms. The summed E-state index contributed by atoms with van der Waals surface area (Å²) in [6, 6.07) is 3.79. The Labute approximate surface area is 93.0 Å². The Bertz CT molecular complexity index is 350. The molecular formula is C11H14O3S. The predicted molar refractivity (Wildman–Crippen MR) is 57.5 cm³/mol.